The topological polar surface area (TPSA) is 99.9 Å². The summed E-state index contributed by atoms with van der Waals surface area (Å²) in [7, 11) is 1.56. The lowest BCUT2D eigenvalue weighted by Gasteiger charge is -2.09. The van der Waals surface area contributed by atoms with Gasteiger partial charge in [-0.1, -0.05) is 18.2 Å². The van der Waals surface area contributed by atoms with Crippen molar-refractivity contribution < 1.29 is 9.53 Å². The van der Waals surface area contributed by atoms with Crippen molar-refractivity contribution in [2.24, 2.45) is 0 Å². The zero-order chi connectivity index (χ0) is 18.4. The molecule has 1 aromatic heterocycles. The summed E-state index contributed by atoms with van der Waals surface area (Å²) < 4.78 is 5.14. The first-order valence-corrected chi connectivity index (χ1v) is 7.74. The molecule has 26 heavy (non-hydrogen) atoms. The molecule has 128 valence electrons. The molecule has 0 bridgehead atoms. The molecule has 2 aromatic carbocycles. The van der Waals surface area contributed by atoms with Gasteiger partial charge in [-0.15, -0.1) is 0 Å². The predicted molar refractivity (Wildman–Crippen MR) is 97.4 cm³/mol. The molecule has 1 heterocycles. The second-order valence-electron chi connectivity index (χ2n) is 5.23. The third-order valence-corrected chi connectivity index (χ3v) is 3.51. The van der Waals surface area contributed by atoms with E-state index in [1.165, 1.54) is 12.3 Å². The van der Waals surface area contributed by atoms with Crippen molar-refractivity contribution in [1.82, 2.24) is 9.97 Å². The lowest BCUT2D eigenvalue weighted by Crippen LogP contribution is -2.14. The van der Waals surface area contributed by atoms with Crippen LogP contribution in [0.15, 0.2) is 60.8 Å². The summed E-state index contributed by atoms with van der Waals surface area (Å²) in [6, 6.07) is 17.6. The minimum absolute atomic E-state index is 0.194. The number of anilines is 3. The molecule has 0 atom stereocenters. The third-order valence-electron chi connectivity index (χ3n) is 3.51. The predicted octanol–water partition coefficient (Wildman–Crippen LogP) is 3.35. The van der Waals surface area contributed by atoms with E-state index in [0.29, 0.717) is 22.7 Å². The van der Waals surface area contributed by atoms with Gasteiger partial charge in [-0.25, -0.2) is 9.97 Å². The normalized spacial score (nSPS) is 9.85. The number of nitrogens with zero attached hydrogens (tertiary/aromatic N) is 3. The van der Waals surface area contributed by atoms with Crippen LogP contribution in [0.2, 0.25) is 0 Å². The Morgan fingerprint density at radius 3 is 2.81 bits per heavy atom. The third kappa shape index (κ3) is 3.94. The second-order valence-corrected chi connectivity index (χ2v) is 5.23. The maximum Gasteiger partial charge on any atom is 0.274 e. The number of benzene rings is 2. The highest BCUT2D eigenvalue weighted by atomic mass is 16.5. The van der Waals surface area contributed by atoms with Crippen molar-refractivity contribution in [2.45, 2.75) is 0 Å². The zero-order valence-corrected chi connectivity index (χ0v) is 13.9. The van der Waals surface area contributed by atoms with Crippen molar-refractivity contribution >= 4 is 23.2 Å². The van der Waals surface area contributed by atoms with Gasteiger partial charge in [0.1, 0.15) is 17.5 Å². The number of hydrogen-bond donors (Lipinski definition) is 2. The number of ether oxygens (including phenoxy) is 1. The maximum absolute atomic E-state index is 12.4. The molecule has 3 aromatic rings. The fraction of sp³-hybridized carbons (Fsp3) is 0.0526. The minimum Gasteiger partial charge on any atom is -0.497 e. The molecule has 0 aliphatic heterocycles. The number of carbonyl (C=O) groups is 1. The van der Waals surface area contributed by atoms with E-state index in [1.54, 1.807) is 55.6 Å². The molecule has 0 radical (unpaired) electrons. The van der Waals surface area contributed by atoms with Gasteiger partial charge < -0.3 is 15.4 Å². The molecule has 7 heteroatoms. The van der Waals surface area contributed by atoms with Crippen LogP contribution in [-0.4, -0.2) is 23.0 Å². The van der Waals surface area contributed by atoms with Crippen LogP contribution in [0.1, 0.15) is 16.1 Å². The lowest BCUT2D eigenvalue weighted by atomic mass is 10.2. The molecule has 0 fully saturated rings. The number of aromatic nitrogens is 2. The van der Waals surface area contributed by atoms with Crippen LogP contribution in [0.4, 0.5) is 17.3 Å². The Morgan fingerprint density at radius 2 is 2.00 bits per heavy atom. The first-order chi connectivity index (χ1) is 12.7. The highest BCUT2D eigenvalue weighted by Crippen LogP contribution is 2.19. The molecule has 0 unspecified atom stereocenters. The number of nitrogens with one attached hydrogen (secondary N) is 2. The molecule has 1 amide bonds. The minimum atomic E-state index is -0.378. The number of rotatable bonds is 5. The van der Waals surface area contributed by atoms with Crippen molar-refractivity contribution in [3.8, 4) is 11.8 Å². The Hall–Kier alpha value is -3.92. The first-order valence-electron chi connectivity index (χ1n) is 7.74. The van der Waals surface area contributed by atoms with Gasteiger partial charge in [0.2, 0.25) is 5.95 Å². The Bertz CT molecular complexity index is 981. The number of carbonyl (C=O) groups excluding carboxylic acids is 1. The fourth-order valence-electron chi connectivity index (χ4n) is 2.25. The van der Waals surface area contributed by atoms with Crippen LogP contribution in [0, 0.1) is 11.3 Å². The molecule has 0 aliphatic rings. The quantitative estimate of drug-likeness (QED) is 0.735. The average Bonchev–Trinajstić information content (AvgIpc) is 2.69. The first kappa shape index (κ1) is 16.9. The maximum atomic E-state index is 12.4. The van der Waals surface area contributed by atoms with E-state index in [9.17, 15) is 4.79 Å². The summed E-state index contributed by atoms with van der Waals surface area (Å²) in [6.45, 7) is 0. The van der Waals surface area contributed by atoms with Crippen LogP contribution < -0.4 is 15.4 Å². The standard InChI is InChI=1S/C19H15N5O2/c1-26-15-7-4-6-14(11-15)22-18(25)17-9-10-21-19(24-17)23-16-8-3-2-5-13(16)12-20/h2-11H,1H3,(H,22,25)(H,21,23,24). The Kier molecular flexibility index (Phi) is 5.05. The van der Waals surface area contributed by atoms with Crippen molar-refractivity contribution in [1.29, 1.82) is 5.26 Å². The van der Waals surface area contributed by atoms with Crippen molar-refractivity contribution in [3.05, 3.63) is 72.1 Å². The van der Waals surface area contributed by atoms with E-state index in [0.717, 1.165) is 0 Å². The summed E-state index contributed by atoms with van der Waals surface area (Å²) in [5.74, 6) is 0.490. The van der Waals surface area contributed by atoms with E-state index in [-0.39, 0.29) is 17.5 Å². The monoisotopic (exact) mass is 345 g/mol. The second kappa shape index (κ2) is 7.77. The molecular weight excluding hydrogens is 330 g/mol. The van der Waals surface area contributed by atoms with Crippen molar-refractivity contribution in [2.75, 3.05) is 17.7 Å². The SMILES string of the molecule is COc1cccc(NC(=O)c2ccnc(Nc3ccccc3C#N)n2)c1. The smallest absolute Gasteiger partial charge is 0.274 e. The van der Waals surface area contributed by atoms with E-state index < -0.39 is 0 Å². The Morgan fingerprint density at radius 1 is 1.15 bits per heavy atom. The van der Waals surface area contributed by atoms with Gasteiger partial charge in [0.25, 0.3) is 5.91 Å². The highest BCUT2D eigenvalue weighted by Gasteiger charge is 2.11. The summed E-state index contributed by atoms with van der Waals surface area (Å²) >= 11 is 0. The largest absolute Gasteiger partial charge is 0.497 e. The molecule has 7 nitrogen and oxygen atoms in total. The zero-order valence-electron chi connectivity index (χ0n) is 13.9. The molecule has 0 aliphatic carbocycles. The van der Waals surface area contributed by atoms with E-state index in [2.05, 4.69) is 26.7 Å². The van der Waals surface area contributed by atoms with Crippen molar-refractivity contribution in [3.63, 3.8) is 0 Å². The number of amides is 1. The van der Waals surface area contributed by atoms with E-state index in [4.69, 9.17) is 10.00 Å². The number of hydrogen-bond acceptors (Lipinski definition) is 6. The lowest BCUT2D eigenvalue weighted by molar-refractivity contribution is 0.102. The molecule has 2 N–H and O–H groups in total. The van der Waals surface area contributed by atoms with Gasteiger partial charge in [-0.05, 0) is 30.3 Å². The Labute approximate surface area is 150 Å². The molecule has 0 saturated heterocycles. The number of para-hydroxylation sites is 1. The molecular formula is C19H15N5O2. The summed E-state index contributed by atoms with van der Waals surface area (Å²) in [4.78, 5) is 20.7. The van der Waals surface area contributed by atoms with Gasteiger partial charge in [0.15, 0.2) is 0 Å². The van der Waals surface area contributed by atoms with Crippen LogP contribution in [0.5, 0.6) is 5.75 Å². The van der Waals surface area contributed by atoms with Crippen LogP contribution in [0.3, 0.4) is 0 Å². The Balaban J connectivity index is 1.78. The highest BCUT2D eigenvalue weighted by molar-refractivity contribution is 6.03. The van der Waals surface area contributed by atoms with Gasteiger partial charge >= 0.3 is 0 Å². The number of methoxy groups -OCH3 is 1. The van der Waals surface area contributed by atoms with E-state index >= 15 is 0 Å². The summed E-state index contributed by atoms with van der Waals surface area (Å²) in [5, 5.41) is 14.9. The fourth-order valence-corrected chi connectivity index (χ4v) is 2.25. The number of nitriles is 1. The summed E-state index contributed by atoms with van der Waals surface area (Å²) in [5.41, 5.74) is 1.82. The van der Waals surface area contributed by atoms with Gasteiger partial charge in [-0.2, -0.15) is 5.26 Å². The van der Waals surface area contributed by atoms with E-state index in [1.807, 2.05) is 0 Å². The molecule has 3 rings (SSSR count). The van der Waals surface area contributed by atoms with Crippen LogP contribution in [0.25, 0.3) is 0 Å². The summed E-state index contributed by atoms with van der Waals surface area (Å²) in [6.07, 6.45) is 1.48. The average molecular weight is 345 g/mol. The van der Waals surface area contributed by atoms with Gasteiger partial charge in [0, 0.05) is 18.0 Å². The van der Waals surface area contributed by atoms with Gasteiger partial charge in [-0.3, -0.25) is 4.79 Å². The van der Waals surface area contributed by atoms with Crippen LogP contribution in [-0.2, 0) is 0 Å². The molecule has 0 saturated carbocycles. The van der Waals surface area contributed by atoms with Crippen LogP contribution >= 0.6 is 0 Å². The molecule has 0 spiro atoms. The van der Waals surface area contributed by atoms with Gasteiger partial charge in [0.05, 0.1) is 18.4 Å².